The number of nitrogens with zero attached hydrogens (tertiary/aromatic N) is 2. The fraction of sp³-hybridized carbons (Fsp3) is 0.278. The van der Waals surface area contributed by atoms with Crippen molar-refractivity contribution in [2.24, 2.45) is 14.1 Å². The molecule has 25 heavy (non-hydrogen) atoms. The van der Waals surface area contributed by atoms with Gasteiger partial charge in [0.05, 0.1) is 5.69 Å². The van der Waals surface area contributed by atoms with E-state index in [-0.39, 0.29) is 19.0 Å². The Labute approximate surface area is 143 Å². The van der Waals surface area contributed by atoms with Gasteiger partial charge in [-0.3, -0.25) is 18.7 Å². The number of aromatic nitrogens is 3. The van der Waals surface area contributed by atoms with Gasteiger partial charge in [0.2, 0.25) is 0 Å². The van der Waals surface area contributed by atoms with Crippen molar-refractivity contribution in [1.82, 2.24) is 14.1 Å². The van der Waals surface area contributed by atoms with Gasteiger partial charge < -0.3 is 9.72 Å². The third-order valence-electron chi connectivity index (χ3n) is 4.28. The van der Waals surface area contributed by atoms with E-state index < -0.39 is 11.2 Å². The highest BCUT2D eigenvalue weighted by Crippen LogP contribution is 2.19. The highest BCUT2D eigenvalue weighted by atomic mass is 16.5. The molecule has 0 unspecified atom stereocenters. The van der Waals surface area contributed by atoms with E-state index in [2.05, 4.69) is 4.98 Å². The molecule has 1 N–H and O–H groups in total. The number of nitrogens with one attached hydrogen (secondary N) is 1. The molecule has 0 fully saturated rings. The predicted octanol–water partition coefficient (Wildman–Crippen LogP) is 1.24. The monoisotopic (exact) mass is 341 g/mol. The third kappa shape index (κ3) is 3.40. The summed E-state index contributed by atoms with van der Waals surface area (Å²) in [6, 6.07) is 9.18. The van der Waals surface area contributed by atoms with Crippen molar-refractivity contribution in [3.05, 3.63) is 68.6 Å². The summed E-state index contributed by atoms with van der Waals surface area (Å²) in [5.41, 5.74) is 1.58. The molecule has 0 saturated carbocycles. The maximum atomic E-state index is 12.0. The normalized spacial score (nSPS) is 11.0. The molecule has 0 spiro atoms. The van der Waals surface area contributed by atoms with E-state index in [1.165, 1.54) is 24.7 Å². The quantitative estimate of drug-likeness (QED) is 0.708. The Morgan fingerprint density at radius 3 is 2.72 bits per heavy atom. The van der Waals surface area contributed by atoms with Gasteiger partial charge in [0, 0.05) is 43.7 Å². The van der Waals surface area contributed by atoms with Gasteiger partial charge in [0.25, 0.3) is 5.56 Å². The Balaban J connectivity index is 1.62. The molecule has 0 bridgehead atoms. The fourth-order valence-electron chi connectivity index (χ4n) is 2.72. The SMILES string of the molecule is Cn1c(COC(=O)CCc2c[nH]c3ccccc23)cc(=O)n(C)c1=O. The number of hydrogen-bond donors (Lipinski definition) is 1. The average Bonchev–Trinajstić information content (AvgIpc) is 3.03. The van der Waals surface area contributed by atoms with Gasteiger partial charge in [0.1, 0.15) is 6.61 Å². The lowest BCUT2D eigenvalue weighted by molar-refractivity contribution is -0.145. The molecule has 0 amide bonds. The molecule has 0 saturated heterocycles. The second-order valence-electron chi connectivity index (χ2n) is 5.89. The number of hydrogen-bond acceptors (Lipinski definition) is 4. The minimum atomic E-state index is -0.447. The van der Waals surface area contributed by atoms with Gasteiger partial charge in [-0.15, -0.1) is 0 Å². The van der Waals surface area contributed by atoms with Gasteiger partial charge in [-0.2, -0.15) is 0 Å². The predicted molar refractivity (Wildman–Crippen MR) is 93.3 cm³/mol. The van der Waals surface area contributed by atoms with Gasteiger partial charge in [0.15, 0.2) is 0 Å². The minimum absolute atomic E-state index is 0.103. The van der Waals surface area contributed by atoms with Gasteiger partial charge in [-0.05, 0) is 18.1 Å². The number of carbonyl (C=O) groups excluding carboxylic acids is 1. The summed E-state index contributed by atoms with van der Waals surface area (Å²) in [7, 11) is 2.94. The molecule has 0 aliphatic rings. The summed E-state index contributed by atoms with van der Waals surface area (Å²) >= 11 is 0. The molecule has 130 valence electrons. The van der Waals surface area contributed by atoms with Crippen LogP contribution in [0, 0.1) is 0 Å². The van der Waals surface area contributed by atoms with Crippen molar-refractivity contribution in [3.8, 4) is 0 Å². The van der Waals surface area contributed by atoms with Crippen molar-refractivity contribution in [2.75, 3.05) is 0 Å². The first-order chi connectivity index (χ1) is 12.0. The highest BCUT2D eigenvalue weighted by Gasteiger charge is 2.10. The molecule has 3 aromatic rings. The summed E-state index contributed by atoms with van der Waals surface area (Å²) in [6.45, 7) is -0.103. The maximum absolute atomic E-state index is 12.0. The van der Waals surface area contributed by atoms with E-state index in [1.807, 2.05) is 30.5 Å². The van der Waals surface area contributed by atoms with Crippen molar-refractivity contribution < 1.29 is 9.53 Å². The number of ether oxygens (including phenoxy) is 1. The zero-order valence-electron chi connectivity index (χ0n) is 14.1. The summed E-state index contributed by atoms with van der Waals surface area (Å²) in [4.78, 5) is 38.7. The second-order valence-corrected chi connectivity index (χ2v) is 5.89. The number of para-hydroxylation sites is 1. The first-order valence-electron chi connectivity index (χ1n) is 7.94. The van der Waals surface area contributed by atoms with Gasteiger partial charge in [-0.1, -0.05) is 18.2 Å². The number of carbonyl (C=O) groups is 1. The fourth-order valence-corrected chi connectivity index (χ4v) is 2.72. The molecule has 1 aromatic carbocycles. The molecular formula is C18H19N3O4. The number of rotatable bonds is 5. The summed E-state index contributed by atoms with van der Waals surface area (Å²) < 4.78 is 7.51. The van der Waals surface area contributed by atoms with Crippen LogP contribution in [0.5, 0.6) is 0 Å². The van der Waals surface area contributed by atoms with Crippen LogP contribution in [0.1, 0.15) is 17.7 Å². The third-order valence-corrected chi connectivity index (χ3v) is 4.28. The van der Waals surface area contributed by atoms with Crippen LogP contribution in [0.2, 0.25) is 0 Å². The standard InChI is InChI=1S/C18H19N3O4/c1-20-13(9-16(22)21(2)18(20)24)11-25-17(23)8-7-12-10-19-15-6-4-3-5-14(12)15/h3-6,9-10,19H,7-8,11H2,1-2H3. The zero-order valence-corrected chi connectivity index (χ0v) is 14.1. The number of esters is 1. The van der Waals surface area contributed by atoms with Crippen molar-refractivity contribution in [1.29, 1.82) is 0 Å². The summed E-state index contributed by atoms with van der Waals surface area (Å²) in [5.74, 6) is -0.376. The van der Waals surface area contributed by atoms with E-state index in [0.29, 0.717) is 12.1 Å². The van der Waals surface area contributed by atoms with Crippen LogP contribution in [0.4, 0.5) is 0 Å². The lowest BCUT2D eigenvalue weighted by Gasteiger charge is -2.10. The molecule has 2 aromatic heterocycles. The summed E-state index contributed by atoms with van der Waals surface area (Å²) in [5, 5.41) is 1.09. The Bertz CT molecular complexity index is 1040. The number of H-pyrrole nitrogens is 1. The van der Waals surface area contributed by atoms with Crippen LogP contribution in [-0.4, -0.2) is 20.1 Å². The van der Waals surface area contributed by atoms with E-state index in [4.69, 9.17) is 4.74 Å². The van der Waals surface area contributed by atoms with Crippen molar-refractivity contribution in [2.45, 2.75) is 19.4 Å². The van der Waals surface area contributed by atoms with Crippen molar-refractivity contribution in [3.63, 3.8) is 0 Å². The van der Waals surface area contributed by atoms with E-state index in [0.717, 1.165) is 21.0 Å². The Hall–Kier alpha value is -3.09. The van der Waals surface area contributed by atoms with Crippen LogP contribution < -0.4 is 11.2 Å². The van der Waals surface area contributed by atoms with Gasteiger partial charge in [-0.25, -0.2) is 4.79 Å². The first-order valence-corrected chi connectivity index (χ1v) is 7.94. The van der Waals surface area contributed by atoms with Gasteiger partial charge >= 0.3 is 11.7 Å². The molecule has 0 aliphatic heterocycles. The van der Waals surface area contributed by atoms with Crippen LogP contribution in [0.25, 0.3) is 10.9 Å². The molecule has 0 atom stereocenters. The molecule has 7 heteroatoms. The Morgan fingerprint density at radius 2 is 1.92 bits per heavy atom. The van der Waals surface area contributed by atoms with Crippen LogP contribution >= 0.6 is 0 Å². The van der Waals surface area contributed by atoms with E-state index in [1.54, 1.807) is 0 Å². The molecular weight excluding hydrogens is 322 g/mol. The molecule has 7 nitrogen and oxygen atoms in total. The Kier molecular flexibility index (Phi) is 4.56. The molecule has 3 rings (SSSR count). The number of aromatic amines is 1. The first kappa shape index (κ1) is 16.8. The van der Waals surface area contributed by atoms with E-state index >= 15 is 0 Å². The second kappa shape index (κ2) is 6.80. The summed E-state index contributed by atoms with van der Waals surface area (Å²) in [6.07, 6.45) is 2.67. The molecule has 2 heterocycles. The van der Waals surface area contributed by atoms with E-state index in [9.17, 15) is 14.4 Å². The zero-order chi connectivity index (χ0) is 18.0. The lowest BCUT2D eigenvalue weighted by atomic mass is 10.1. The maximum Gasteiger partial charge on any atom is 0.330 e. The number of fused-ring (bicyclic) bond motifs is 1. The van der Waals surface area contributed by atoms with Crippen LogP contribution in [0.15, 0.2) is 46.1 Å². The number of benzene rings is 1. The number of aryl methyl sites for hydroxylation is 1. The average molecular weight is 341 g/mol. The smallest absolute Gasteiger partial charge is 0.330 e. The van der Waals surface area contributed by atoms with Crippen LogP contribution in [-0.2, 0) is 36.7 Å². The lowest BCUT2D eigenvalue weighted by Crippen LogP contribution is -2.38. The molecule has 0 aliphatic carbocycles. The highest BCUT2D eigenvalue weighted by molar-refractivity contribution is 5.83. The topological polar surface area (TPSA) is 86.1 Å². The van der Waals surface area contributed by atoms with Crippen molar-refractivity contribution >= 4 is 16.9 Å². The largest absolute Gasteiger partial charge is 0.459 e. The molecule has 0 radical (unpaired) electrons. The Morgan fingerprint density at radius 1 is 1.16 bits per heavy atom. The minimum Gasteiger partial charge on any atom is -0.459 e. The van der Waals surface area contributed by atoms with Crippen LogP contribution in [0.3, 0.4) is 0 Å².